The molecule has 0 aliphatic rings. The molecule has 10 heteroatoms. The lowest BCUT2D eigenvalue weighted by Crippen LogP contribution is -2.30. The lowest BCUT2D eigenvalue weighted by molar-refractivity contribution is -0.135. The molecule has 0 aliphatic heterocycles. The molecular formula is C17H12N4O6. The number of amides is 1. The molecule has 27 heavy (non-hydrogen) atoms. The van der Waals surface area contributed by atoms with Gasteiger partial charge in [0.2, 0.25) is 5.58 Å². The van der Waals surface area contributed by atoms with Gasteiger partial charge in [-0.1, -0.05) is 5.16 Å². The number of carboxylic acid groups (broad SMARTS) is 1. The number of nitrogens with one attached hydrogen (secondary N) is 1. The maximum Gasteiger partial charge on any atom is 0.322 e. The third-order valence-electron chi connectivity index (χ3n) is 3.68. The summed E-state index contributed by atoms with van der Waals surface area (Å²) < 4.78 is 10.2. The van der Waals surface area contributed by atoms with E-state index in [9.17, 15) is 20.0 Å². The van der Waals surface area contributed by atoms with Crippen LogP contribution < -0.4 is 10.1 Å². The van der Waals surface area contributed by atoms with E-state index in [0.717, 1.165) is 0 Å². The van der Waals surface area contributed by atoms with Gasteiger partial charge >= 0.3 is 5.97 Å². The summed E-state index contributed by atoms with van der Waals surface area (Å²) in [6.07, 6.45) is 0. The van der Waals surface area contributed by atoms with Crippen molar-refractivity contribution in [3.8, 4) is 28.8 Å². The number of benzene rings is 1. The summed E-state index contributed by atoms with van der Waals surface area (Å²) >= 11 is 0. The lowest BCUT2D eigenvalue weighted by atomic mass is 10.1. The Balaban J connectivity index is 2.13. The van der Waals surface area contributed by atoms with Gasteiger partial charge in [0.25, 0.3) is 5.91 Å². The fourth-order valence-corrected chi connectivity index (χ4v) is 2.42. The molecule has 1 aromatic carbocycles. The minimum Gasteiger partial charge on any atom is -0.503 e. The SMILES string of the molecule is COc1ccc(-c2noc3c(O)c(C(=O)NCC(=O)O)nc(C#N)c23)cc1. The van der Waals surface area contributed by atoms with E-state index in [4.69, 9.17) is 14.4 Å². The van der Waals surface area contributed by atoms with Crippen LogP contribution in [0, 0.1) is 11.3 Å². The standard InChI is InChI=1S/C17H12N4O6/c1-26-9-4-2-8(3-5-9)13-12-10(6-18)20-14(15(24)16(12)27-21-13)17(25)19-7-11(22)23/h2-5,24H,7H2,1H3,(H,19,25)(H,22,23). The number of nitriles is 1. The molecule has 0 bridgehead atoms. The second kappa shape index (κ2) is 7.01. The molecule has 2 aromatic heterocycles. The van der Waals surface area contributed by atoms with E-state index in [1.165, 1.54) is 7.11 Å². The number of hydrogen-bond acceptors (Lipinski definition) is 8. The van der Waals surface area contributed by atoms with E-state index < -0.39 is 29.9 Å². The van der Waals surface area contributed by atoms with E-state index in [1.54, 1.807) is 24.3 Å². The molecule has 0 spiro atoms. The van der Waals surface area contributed by atoms with Gasteiger partial charge < -0.3 is 24.8 Å². The van der Waals surface area contributed by atoms with Gasteiger partial charge in [-0.05, 0) is 24.3 Å². The molecular weight excluding hydrogens is 356 g/mol. The van der Waals surface area contributed by atoms with Crippen molar-refractivity contribution in [3.63, 3.8) is 0 Å². The van der Waals surface area contributed by atoms with E-state index in [1.807, 2.05) is 6.07 Å². The molecule has 0 fully saturated rings. The summed E-state index contributed by atoms with van der Waals surface area (Å²) in [5.74, 6) is -2.26. The van der Waals surface area contributed by atoms with Gasteiger partial charge in [-0.2, -0.15) is 5.26 Å². The molecule has 0 unspecified atom stereocenters. The van der Waals surface area contributed by atoms with Crippen molar-refractivity contribution in [2.45, 2.75) is 0 Å². The number of aromatic nitrogens is 2. The van der Waals surface area contributed by atoms with E-state index in [0.29, 0.717) is 11.3 Å². The predicted octanol–water partition coefficient (Wildman–Crippen LogP) is 1.29. The molecule has 0 aliphatic carbocycles. The Morgan fingerprint density at radius 1 is 1.33 bits per heavy atom. The van der Waals surface area contributed by atoms with Crippen LogP contribution in [-0.2, 0) is 4.79 Å². The number of methoxy groups -OCH3 is 1. The van der Waals surface area contributed by atoms with Gasteiger partial charge in [0.05, 0.1) is 12.5 Å². The molecule has 10 nitrogen and oxygen atoms in total. The van der Waals surface area contributed by atoms with Crippen molar-refractivity contribution >= 4 is 22.8 Å². The zero-order valence-corrected chi connectivity index (χ0v) is 13.9. The van der Waals surface area contributed by atoms with Gasteiger partial charge in [0, 0.05) is 5.56 Å². The smallest absolute Gasteiger partial charge is 0.322 e. The number of ether oxygens (including phenoxy) is 1. The Morgan fingerprint density at radius 3 is 2.63 bits per heavy atom. The van der Waals surface area contributed by atoms with Crippen LogP contribution in [0.25, 0.3) is 22.2 Å². The molecule has 0 saturated heterocycles. The van der Waals surface area contributed by atoms with Crippen LogP contribution in [0.4, 0.5) is 0 Å². The highest BCUT2D eigenvalue weighted by atomic mass is 16.5. The number of rotatable bonds is 5. The summed E-state index contributed by atoms with van der Waals surface area (Å²) in [7, 11) is 1.52. The molecule has 3 N–H and O–H groups in total. The molecule has 0 atom stereocenters. The Hall–Kier alpha value is -4.13. The van der Waals surface area contributed by atoms with Gasteiger partial charge in [-0.3, -0.25) is 9.59 Å². The summed E-state index contributed by atoms with van der Waals surface area (Å²) in [4.78, 5) is 26.5. The zero-order chi connectivity index (χ0) is 19.6. The molecule has 136 valence electrons. The molecule has 3 rings (SSSR count). The van der Waals surface area contributed by atoms with Crippen LogP contribution in [0.2, 0.25) is 0 Å². The fourth-order valence-electron chi connectivity index (χ4n) is 2.42. The van der Waals surface area contributed by atoms with Crippen molar-refractivity contribution < 1.29 is 29.1 Å². The number of hydrogen-bond donors (Lipinski definition) is 3. The van der Waals surface area contributed by atoms with E-state index >= 15 is 0 Å². The summed E-state index contributed by atoms with van der Waals surface area (Å²) in [6, 6.07) is 8.56. The van der Waals surface area contributed by atoms with Gasteiger partial charge in [0.15, 0.2) is 17.1 Å². The summed E-state index contributed by atoms with van der Waals surface area (Å²) in [5, 5.41) is 34.4. The first kappa shape index (κ1) is 17.7. The zero-order valence-electron chi connectivity index (χ0n) is 13.9. The van der Waals surface area contributed by atoms with Gasteiger partial charge in [-0.25, -0.2) is 4.98 Å². The van der Waals surface area contributed by atoms with E-state index in [2.05, 4.69) is 15.5 Å². The average molecular weight is 368 g/mol. The monoisotopic (exact) mass is 368 g/mol. The minimum absolute atomic E-state index is 0.134. The number of carbonyl (C=O) groups is 2. The van der Waals surface area contributed by atoms with Crippen LogP contribution in [0.5, 0.6) is 11.5 Å². The van der Waals surface area contributed by atoms with Crippen LogP contribution in [0.1, 0.15) is 16.2 Å². The minimum atomic E-state index is -1.27. The number of aliphatic carboxylic acids is 1. The quantitative estimate of drug-likeness (QED) is 0.603. The maximum atomic E-state index is 12.0. The largest absolute Gasteiger partial charge is 0.503 e. The molecule has 3 aromatic rings. The van der Waals surface area contributed by atoms with Crippen molar-refractivity contribution in [1.82, 2.24) is 15.5 Å². The highest BCUT2D eigenvalue weighted by Crippen LogP contribution is 2.36. The number of pyridine rings is 1. The highest BCUT2D eigenvalue weighted by Gasteiger charge is 2.25. The van der Waals surface area contributed by atoms with Crippen LogP contribution in [0.15, 0.2) is 28.8 Å². The third-order valence-corrected chi connectivity index (χ3v) is 3.68. The van der Waals surface area contributed by atoms with Crippen LogP contribution in [0.3, 0.4) is 0 Å². The number of fused-ring (bicyclic) bond motifs is 1. The van der Waals surface area contributed by atoms with Crippen molar-refractivity contribution in [3.05, 3.63) is 35.7 Å². The van der Waals surface area contributed by atoms with Crippen LogP contribution in [-0.4, -0.2) is 45.9 Å². The normalized spacial score (nSPS) is 10.4. The van der Waals surface area contributed by atoms with Gasteiger partial charge in [-0.15, -0.1) is 0 Å². The highest BCUT2D eigenvalue weighted by molar-refractivity contribution is 6.05. The average Bonchev–Trinajstić information content (AvgIpc) is 3.12. The van der Waals surface area contributed by atoms with E-state index in [-0.39, 0.29) is 22.4 Å². The third kappa shape index (κ3) is 3.21. The Labute approximate surface area is 151 Å². The summed E-state index contributed by atoms with van der Waals surface area (Å²) in [6.45, 7) is -0.673. The van der Waals surface area contributed by atoms with Crippen LogP contribution >= 0.6 is 0 Å². The Kier molecular flexibility index (Phi) is 4.59. The second-order valence-electron chi connectivity index (χ2n) is 5.31. The first-order valence-electron chi connectivity index (χ1n) is 7.53. The first-order chi connectivity index (χ1) is 13.0. The number of carboxylic acids is 1. The maximum absolute atomic E-state index is 12.0. The Morgan fingerprint density at radius 2 is 2.04 bits per heavy atom. The summed E-state index contributed by atoms with van der Waals surface area (Å²) in [5.41, 5.74) is -0.0965. The molecule has 0 saturated carbocycles. The molecule has 1 amide bonds. The van der Waals surface area contributed by atoms with Crippen molar-refractivity contribution in [1.29, 1.82) is 5.26 Å². The lowest BCUT2D eigenvalue weighted by Gasteiger charge is -2.06. The fraction of sp³-hybridized carbons (Fsp3) is 0.118. The number of nitrogens with zero attached hydrogens (tertiary/aromatic N) is 3. The number of aromatic hydroxyl groups is 1. The second-order valence-corrected chi connectivity index (χ2v) is 5.31. The van der Waals surface area contributed by atoms with Crippen molar-refractivity contribution in [2.24, 2.45) is 0 Å². The number of carbonyl (C=O) groups excluding carboxylic acids is 1. The topological polar surface area (TPSA) is 159 Å². The first-order valence-corrected chi connectivity index (χ1v) is 7.53. The predicted molar refractivity (Wildman–Crippen MR) is 90.1 cm³/mol. The van der Waals surface area contributed by atoms with Gasteiger partial charge in [0.1, 0.15) is 24.1 Å². The van der Waals surface area contributed by atoms with Crippen molar-refractivity contribution in [2.75, 3.05) is 13.7 Å². The molecule has 0 radical (unpaired) electrons. The molecule has 2 heterocycles. The Bertz CT molecular complexity index is 1080.